The Morgan fingerprint density at radius 1 is 0.977 bits per heavy atom. The normalized spacial score (nSPS) is 14.3. The van der Waals surface area contributed by atoms with Gasteiger partial charge in [-0.25, -0.2) is 14.6 Å². The SMILES string of the molecule is COc1ccc(Cn2nc(CCN(C)CC(=O)N3CCN(c4ncc(C(F)(F)F)cn4)CC3)cc(C(F)(F)F)c2=O)cc1. The molecule has 0 spiro atoms. The van der Waals surface area contributed by atoms with Gasteiger partial charge in [-0.05, 0) is 30.8 Å². The minimum Gasteiger partial charge on any atom is -0.497 e. The number of ether oxygens (including phenoxy) is 1. The van der Waals surface area contributed by atoms with E-state index in [2.05, 4.69) is 15.1 Å². The lowest BCUT2D eigenvalue weighted by molar-refractivity contribution is -0.139. The van der Waals surface area contributed by atoms with E-state index in [1.54, 1.807) is 46.0 Å². The molecule has 1 aromatic carbocycles. The fourth-order valence-corrected chi connectivity index (χ4v) is 4.44. The average Bonchev–Trinajstić information content (AvgIpc) is 2.97. The molecule has 0 N–H and O–H groups in total. The maximum atomic E-state index is 13.6. The average molecular weight is 614 g/mol. The van der Waals surface area contributed by atoms with E-state index < -0.39 is 29.0 Å². The number of rotatable bonds is 9. The molecule has 1 aliphatic rings. The molecule has 43 heavy (non-hydrogen) atoms. The number of halogens is 6. The Morgan fingerprint density at radius 3 is 2.16 bits per heavy atom. The number of anilines is 1. The Kier molecular flexibility index (Phi) is 9.57. The van der Waals surface area contributed by atoms with Crippen molar-refractivity contribution in [3.05, 3.63) is 75.5 Å². The van der Waals surface area contributed by atoms with Gasteiger partial charge in [-0.15, -0.1) is 0 Å². The number of amides is 1. The molecule has 0 unspecified atom stereocenters. The van der Waals surface area contributed by atoms with E-state index in [0.717, 1.165) is 10.7 Å². The van der Waals surface area contributed by atoms with E-state index in [9.17, 15) is 35.9 Å². The molecular formula is C27H29F6N7O3. The molecule has 2 aromatic heterocycles. The molecule has 0 saturated carbocycles. The van der Waals surface area contributed by atoms with Gasteiger partial charge in [0.2, 0.25) is 11.9 Å². The monoisotopic (exact) mass is 613 g/mol. The molecule has 1 fully saturated rings. The van der Waals surface area contributed by atoms with Gasteiger partial charge in [0.05, 0.1) is 31.5 Å². The van der Waals surface area contributed by atoms with Crippen molar-refractivity contribution >= 4 is 11.9 Å². The number of aromatic nitrogens is 4. The smallest absolute Gasteiger partial charge is 0.421 e. The molecular weight excluding hydrogens is 584 g/mol. The molecule has 1 saturated heterocycles. The molecule has 0 bridgehead atoms. The van der Waals surface area contributed by atoms with Crippen molar-refractivity contribution in [2.75, 3.05) is 58.3 Å². The predicted molar refractivity (Wildman–Crippen MR) is 143 cm³/mol. The first kappa shape index (κ1) is 31.7. The molecule has 0 radical (unpaired) electrons. The van der Waals surface area contributed by atoms with Gasteiger partial charge >= 0.3 is 12.4 Å². The van der Waals surface area contributed by atoms with Gasteiger partial charge in [0.1, 0.15) is 11.3 Å². The van der Waals surface area contributed by atoms with Crippen LogP contribution in [-0.2, 0) is 30.1 Å². The van der Waals surface area contributed by atoms with Gasteiger partial charge in [0.15, 0.2) is 0 Å². The Hall–Kier alpha value is -4.21. The van der Waals surface area contributed by atoms with Gasteiger partial charge in [-0.3, -0.25) is 14.5 Å². The highest BCUT2D eigenvalue weighted by molar-refractivity contribution is 5.78. The summed E-state index contributed by atoms with van der Waals surface area (Å²) in [6.45, 7) is 1.23. The lowest BCUT2D eigenvalue weighted by Crippen LogP contribution is -2.51. The summed E-state index contributed by atoms with van der Waals surface area (Å²) >= 11 is 0. The zero-order valence-corrected chi connectivity index (χ0v) is 23.3. The van der Waals surface area contributed by atoms with Gasteiger partial charge < -0.3 is 14.5 Å². The lowest BCUT2D eigenvalue weighted by atomic mass is 10.2. The standard InChI is InChI=1S/C27H29F6N7O3/c1-37(17-23(41)38-9-11-39(12-10-38)25-34-14-19(15-35-25)26(28,29)30)8-7-20-13-22(27(31,32)33)24(42)40(36-20)16-18-3-5-21(43-2)6-4-18/h3-6,13-15H,7-12,16-17H2,1-2H3. The van der Waals surface area contributed by atoms with Crippen molar-refractivity contribution in [1.29, 1.82) is 0 Å². The van der Waals surface area contributed by atoms with Crippen LogP contribution in [0.4, 0.5) is 32.3 Å². The zero-order valence-electron chi connectivity index (χ0n) is 23.3. The fraction of sp³-hybridized carbons (Fsp3) is 0.444. The number of benzene rings is 1. The molecule has 3 heterocycles. The van der Waals surface area contributed by atoms with Crippen LogP contribution < -0.4 is 15.2 Å². The third-order valence-corrected chi connectivity index (χ3v) is 6.86. The molecule has 232 valence electrons. The van der Waals surface area contributed by atoms with Crippen LogP contribution in [0.2, 0.25) is 0 Å². The molecule has 10 nitrogen and oxygen atoms in total. The molecule has 4 rings (SSSR count). The molecule has 1 amide bonds. The quantitative estimate of drug-likeness (QED) is 0.340. The number of carbonyl (C=O) groups excluding carboxylic acids is 1. The summed E-state index contributed by atoms with van der Waals surface area (Å²) in [5, 5.41) is 4.15. The van der Waals surface area contributed by atoms with Crippen LogP contribution in [0.15, 0.2) is 47.5 Å². The van der Waals surface area contributed by atoms with E-state index >= 15 is 0 Å². The van der Waals surface area contributed by atoms with Crippen LogP contribution in [0.25, 0.3) is 0 Å². The minimum absolute atomic E-state index is 0.0194. The Bertz CT molecular complexity index is 1450. The van der Waals surface area contributed by atoms with Crippen molar-refractivity contribution in [1.82, 2.24) is 29.5 Å². The van der Waals surface area contributed by atoms with Crippen molar-refractivity contribution in [2.24, 2.45) is 0 Å². The first-order chi connectivity index (χ1) is 20.2. The minimum atomic E-state index is -4.87. The number of hydrogen-bond donors (Lipinski definition) is 0. The summed E-state index contributed by atoms with van der Waals surface area (Å²) in [7, 11) is 3.12. The predicted octanol–water partition coefficient (Wildman–Crippen LogP) is 2.95. The summed E-state index contributed by atoms with van der Waals surface area (Å²) in [4.78, 5) is 37.9. The fourth-order valence-electron chi connectivity index (χ4n) is 4.44. The number of alkyl halides is 6. The number of carbonyl (C=O) groups is 1. The summed E-state index contributed by atoms with van der Waals surface area (Å²) in [5.41, 5.74) is -2.91. The largest absolute Gasteiger partial charge is 0.497 e. The van der Waals surface area contributed by atoms with Crippen LogP contribution in [0.5, 0.6) is 5.75 Å². The Labute approximate surface area is 242 Å². The van der Waals surface area contributed by atoms with Gasteiger partial charge in [-0.2, -0.15) is 31.4 Å². The topological polar surface area (TPSA) is 96.7 Å². The van der Waals surface area contributed by atoms with E-state index in [0.29, 0.717) is 49.9 Å². The summed E-state index contributed by atoms with van der Waals surface area (Å²) < 4.78 is 85.1. The highest BCUT2D eigenvalue weighted by Crippen LogP contribution is 2.29. The first-order valence-corrected chi connectivity index (χ1v) is 13.2. The lowest BCUT2D eigenvalue weighted by Gasteiger charge is -2.35. The van der Waals surface area contributed by atoms with Crippen molar-refractivity contribution in [2.45, 2.75) is 25.3 Å². The van der Waals surface area contributed by atoms with Crippen LogP contribution in [-0.4, -0.2) is 88.9 Å². The van der Waals surface area contributed by atoms with E-state index in [1.807, 2.05) is 0 Å². The second-order valence-corrected chi connectivity index (χ2v) is 9.98. The van der Waals surface area contributed by atoms with Gasteiger partial charge in [-0.1, -0.05) is 12.1 Å². The van der Waals surface area contributed by atoms with Crippen LogP contribution >= 0.6 is 0 Å². The maximum absolute atomic E-state index is 13.6. The molecule has 0 atom stereocenters. The summed E-state index contributed by atoms with van der Waals surface area (Å²) in [6.07, 6.45) is -7.93. The van der Waals surface area contributed by atoms with E-state index in [1.165, 1.54) is 7.11 Å². The van der Waals surface area contributed by atoms with Crippen LogP contribution in [0.3, 0.4) is 0 Å². The zero-order chi connectivity index (χ0) is 31.4. The van der Waals surface area contributed by atoms with Crippen molar-refractivity contribution in [3.63, 3.8) is 0 Å². The highest BCUT2D eigenvalue weighted by atomic mass is 19.4. The maximum Gasteiger partial charge on any atom is 0.421 e. The second-order valence-electron chi connectivity index (χ2n) is 9.98. The molecule has 1 aliphatic heterocycles. The number of piperazine rings is 1. The van der Waals surface area contributed by atoms with E-state index in [-0.39, 0.29) is 43.6 Å². The number of likely N-dealkylation sites (N-methyl/N-ethyl adjacent to an activating group) is 1. The number of hydrogen-bond acceptors (Lipinski definition) is 8. The number of nitrogens with zero attached hydrogens (tertiary/aromatic N) is 7. The van der Waals surface area contributed by atoms with Gasteiger partial charge in [0, 0.05) is 51.5 Å². The third kappa shape index (κ3) is 8.21. The first-order valence-electron chi connectivity index (χ1n) is 13.2. The van der Waals surface area contributed by atoms with E-state index in [4.69, 9.17) is 4.74 Å². The summed E-state index contributed by atoms with van der Waals surface area (Å²) in [5.74, 6) is 0.474. The highest BCUT2D eigenvalue weighted by Gasteiger charge is 2.36. The Morgan fingerprint density at radius 2 is 1.60 bits per heavy atom. The van der Waals surface area contributed by atoms with Crippen molar-refractivity contribution in [3.8, 4) is 5.75 Å². The molecule has 0 aliphatic carbocycles. The van der Waals surface area contributed by atoms with Gasteiger partial charge in [0.25, 0.3) is 5.56 Å². The number of methoxy groups -OCH3 is 1. The molecule has 3 aromatic rings. The van der Waals surface area contributed by atoms with Crippen molar-refractivity contribution < 1.29 is 35.9 Å². The Balaban J connectivity index is 1.34. The second kappa shape index (κ2) is 13.0. The molecule has 16 heteroatoms. The summed E-state index contributed by atoms with van der Waals surface area (Å²) in [6, 6.07) is 7.25. The third-order valence-electron chi connectivity index (χ3n) is 6.86. The van der Waals surface area contributed by atoms with Crippen LogP contribution in [0.1, 0.15) is 22.4 Å². The van der Waals surface area contributed by atoms with Crippen LogP contribution in [0, 0.1) is 0 Å².